The molecule has 0 saturated carbocycles. The van der Waals surface area contributed by atoms with Crippen molar-refractivity contribution in [2.24, 2.45) is 0 Å². The summed E-state index contributed by atoms with van der Waals surface area (Å²) in [4.78, 5) is 0. The molecule has 0 aliphatic heterocycles. The molecule has 7 nitrogen and oxygen atoms in total. The molecule has 8 N–H and O–H groups in total. The van der Waals surface area contributed by atoms with Gasteiger partial charge in [-0.2, -0.15) is 0 Å². The zero-order valence-corrected chi connectivity index (χ0v) is 16.6. The van der Waals surface area contributed by atoms with Crippen molar-refractivity contribution in [1.82, 2.24) is 0 Å². The lowest BCUT2D eigenvalue weighted by Gasteiger charge is -2.17. The number of benzene rings is 4. The summed E-state index contributed by atoms with van der Waals surface area (Å²) in [6.45, 7) is 0. The van der Waals surface area contributed by atoms with Crippen LogP contribution in [-0.2, 0) is 0 Å². The number of rotatable bonds is 6. The van der Waals surface area contributed by atoms with Crippen LogP contribution in [0.1, 0.15) is 0 Å². The summed E-state index contributed by atoms with van der Waals surface area (Å²) in [6.07, 6.45) is 0. The summed E-state index contributed by atoms with van der Waals surface area (Å²) in [5, 5.41) is 0. The first-order valence-corrected chi connectivity index (χ1v) is 9.52. The Morgan fingerprint density at radius 2 is 0.645 bits per heavy atom. The number of para-hydroxylation sites is 2. The van der Waals surface area contributed by atoms with Crippen molar-refractivity contribution in [3.63, 3.8) is 0 Å². The van der Waals surface area contributed by atoms with Gasteiger partial charge in [0.05, 0.1) is 0 Å². The van der Waals surface area contributed by atoms with Crippen molar-refractivity contribution in [2.75, 3.05) is 22.9 Å². The molecule has 4 aromatic carbocycles. The van der Waals surface area contributed by atoms with Gasteiger partial charge in [0.2, 0.25) is 0 Å². The first-order chi connectivity index (χ1) is 15.0. The smallest absolute Gasteiger partial charge is 0.152 e. The third-order valence-corrected chi connectivity index (χ3v) is 4.58. The number of nitrogen functional groups attached to an aromatic ring is 4. The van der Waals surface area contributed by atoms with Crippen LogP contribution in [0.15, 0.2) is 84.9 Å². The molecule has 0 unspecified atom stereocenters. The lowest BCUT2D eigenvalue weighted by molar-refractivity contribution is 0.470. The van der Waals surface area contributed by atoms with Crippen molar-refractivity contribution in [2.45, 2.75) is 0 Å². The Labute approximate surface area is 179 Å². The lowest BCUT2D eigenvalue weighted by Crippen LogP contribution is -2.03. The molecule has 0 atom stereocenters. The highest BCUT2D eigenvalue weighted by molar-refractivity contribution is 5.80. The molecule has 0 aromatic heterocycles. The minimum atomic E-state index is 0.232. The number of nitrogens with two attached hydrogens (primary N) is 4. The highest BCUT2D eigenvalue weighted by Crippen LogP contribution is 2.43. The van der Waals surface area contributed by atoms with Crippen molar-refractivity contribution in [3.8, 4) is 34.5 Å². The van der Waals surface area contributed by atoms with Crippen LogP contribution in [0, 0.1) is 0 Å². The Balaban J connectivity index is 1.56. The van der Waals surface area contributed by atoms with Crippen molar-refractivity contribution in [3.05, 3.63) is 84.9 Å². The molecule has 4 aromatic rings. The normalized spacial score (nSPS) is 10.5. The van der Waals surface area contributed by atoms with E-state index in [4.69, 9.17) is 37.1 Å². The van der Waals surface area contributed by atoms with E-state index in [1.165, 1.54) is 0 Å². The van der Waals surface area contributed by atoms with Crippen LogP contribution in [-0.4, -0.2) is 0 Å². The molecule has 31 heavy (non-hydrogen) atoms. The van der Waals surface area contributed by atoms with Crippen molar-refractivity contribution in [1.29, 1.82) is 0 Å². The molecule has 0 saturated heterocycles. The molecule has 0 aliphatic rings. The summed E-state index contributed by atoms with van der Waals surface area (Å²) < 4.78 is 17.5. The molecule has 0 aliphatic carbocycles. The molecule has 156 valence electrons. The summed E-state index contributed by atoms with van der Waals surface area (Å²) in [7, 11) is 0. The molecule has 0 heterocycles. The second-order valence-electron chi connectivity index (χ2n) is 6.71. The molecule has 0 radical (unpaired) electrons. The Bertz CT molecular complexity index is 1100. The lowest BCUT2D eigenvalue weighted by atomic mass is 10.2. The Morgan fingerprint density at radius 3 is 0.968 bits per heavy atom. The van der Waals surface area contributed by atoms with E-state index < -0.39 is 0 Å². The fraction of sp³-hybridized carbons (Fsp3) is 0. The minimum absolute atomic E-state index is 0.232. The standard InChI is InChI=1S/C24H22N4O3/c25-21-17(29-15-7-3-1-4-8-15)11-13-19(23(21)27)31-20-14-12-18(22(26)24(20)28)30-16-9-5-2-6-10-16/h1-14H,25-28H2. The number of hydrogen-bond donors (Lipinski definition) is 4. The predicted molar refractivity (Wildman–Crippen MR) is 124 cm³/mol. The van der Waals surface area contributed by atoms with E-state index in [0.29, 0.717) is 34.5 Å². The molecule has 0 spiro atoms. The van der Waals surface area contributed by atoms with Crippen LogP contribution >= 0.6 is 0 Å². The summed E-state index contributed by atoms with van der Waals surface area (Å²) in [6, 6.07) is 25.2. The summed E-state index contributed by atoms with van der Waals surface area (Å²) >= 11 is 0. The Kier molecular flexibility index (Phi) is 5.40. The van der Waals surface area contributed by atoms with E-state index in [9.17, 15) is 0 Å². The number of hydrogen-bond acceptors (Lipinski definition) is 7. The maximum absolute atomic E-state index is 6.18. The van der Waals surface area contributed by atoms with Gasteiger partial charge in [-0.3, -0.25) is 0 Å². The van der Waals surface area contributed by atoms with E-state index in [2.05, 4.69) is 0 Å². The SMILES string of the molecule is Nc1c(Oc2ccccc2)ccc(Oc2ccc(Oc3ccccc3)c(N)c2N)c1N. The molecule has 4 rings (SSSR count). The minimum Gasteiger partial charge on any atom is -0.455 e. The van der Waals surface area contributed by atoms with Crippen LogP contribution in [0.5, 0.6) is 34.5 Å². The van der Waals surface area contributed by atoms with Gasteiger partial charge < -0.3 is 37.1 Å². The second kappa shape index (κ2) is 8.46. The van der Waals surface area contributed by atoms with E-state index >= 15 is 0 Å². The van der Waals surface area contributed by atoms with E-state index in [-0.39, 0.29) is 22.7 Å². The highest BCUT2D eigenvalue weighted by Gasteiger charge is 2.16. The average molecular weight is 414 g/mol. The van der Waals surface area contributed by atoms with Gasteiger partial charge in [-0.1, -0.05) is 36.4 Å². The molecular weight excluding hydrogens is 392 g/mol. The van der Waals surface area contributed by atoms with Gasteiger partial charge in [-0.05, 0) is 48.5 Å². The molecule has 0 bridgehead atoms. The van der Waals surface area contributed by atoms with Crippen molar-refractivity contribution >= 4 is 22.7 Å². The summed E-state index contributed by atoms with van der Waals surface area (Å²) in [5.74, 6) is 2.81. The average Bonchev–Trinajstić information content (AvgIpc) is 2.80. The van der Waals surface area contributed by atoms with Gasteiger partial charge >= 0.3 is 0 Å². The first-order valence-electron chi connectivity index (χ1n) is 9.52. The monoisotopic (exact) mass is 414 g/mol. The van der Waals surface area contributed by atoms with Gasteiger partial charge in [0.15, 0.2) is 23.0 Å². The van der Waals surface area contributed by atoms with Gasteiger partial charge in [0, 0.05) is 0 Å². The van der Waals surface area contributed by atoms with Gasteiger partial charge in [-0.15, -0.1) is 0 Å². The maximum Gasteiger partial charge on any atom is 0.152 e. The zero-order valence-electron chi connectivity index (χ0n) is 16.6. The van der Waals surface area contributed by atoms with E-state index in [1.54, 1.807) is 24.3 Å². The Hall–Kier alpha value is -4.52. The van der Waals surface area contributed by atoms with Crippen LogP contribution < -0.4 is 37.1 Å². The van der Waals surface area contributed by atoms with Crippen LogP contribution in [0.25, 0.3) is 0 Å². The third-order valence-electron chi connectivity index (χ3n) is 4.58. The highest BCUT2D eigenvalue weighted by atomic mass is 16.5. The van der Waals surface area contributed by atoms with Gasteiger partial charge in [0.25, 0.3) is 0 Å². The molecule has 0 fully saturated rings. The number of anilines is 4. The van der Waals surface area contributed by atoms with Crippen LogP contribution in [0.2, 0.25) is 0 Å². The van der Waals surface area contributed by atoms with E-state index in [1.807, 2.05) is 60.7 Å². The molecule has 0 amide bonds. The quantitative estimate of drug-likeness (QED) is 0.311. The van der Waals surface area contributed by atoms with E-state index in [0.717, 1.165) is 0 Å². The maximum atomic E-state index is 6.18. The van der Waals surface area contributed by atoms with Gasteiger partial charge in [0.1, 0.15) is 34.2 Å². The largest absolute Gasteiger partial charge is 0.455 e. The molecule has 7 heteroatoms. The first kappa shape index (κ1) is 19.8. The topological polar surface area (TPSA) is 132 Å². The second-order valence-corrected chi connectivity index (χ2v) is 6.71. The van der Waals surface area contributed by atoms with Gasteiger partial charge in [-0.25, -0.2) is 0 Å². The zero-order chi connectivity index (χ0) is 21.8. The predicted octanol–water partition coefficient (Wildman–Crippen LogP) is 5.39. The fourth-order valence-corrected chi connectivity index (χ4v) is 2.90. The van der Waals surface area contributed by atoms with Crippen LogP contribution in [0.3, 0.4) is 0 Å². The Morgan fingerprint density at radius 1 is 0.355 bits per heavy atom. The third kappa shape index (κ3) is 4.25. The fourth-order valence-electron chi connectivity index (χ4n) is 2.90. The van der Waals surface area contributed by atoms with Crippen molar-refractivity contribution < 1.29 is 14.2 Å². The summed E-state index contributed by atoms with van der Waals surface area (Å²) in [5.41, 5.74) is 25.7. The number of ether oxygens (including phenoxy) is 3. The van der Waals surface area contributed by atoms with Crippen LogP contribution in [0.4, 0.5) is 22.7 Å². The molecular formula is C24H22N4O3.